The third-order valence-electron chi connectivity index (χ3n) is 2.17. The lowest BCUT2D eigenvalue weighted by Crippen LogP contribution is -2.31. The summed E-state index contributed by atoms with van der Waals surface area (Å²) in [5, 5.41) is 0. The molecule has 16 heavy (non-hydrogen) atoms. The molecule has 0 amide bonds. The molecule has 0 aliphatic carbocycles. The number of halogens is 1. The van der Waals surface area contributed by atoms with Crippen molar-refractivity contribution in [2.75, 3.05) is 37.6 Å². The van der Waals surface area contributed by atoms with Crippen LogP contribution in [-0.2, 0) is 4.74 Å². The first kappa shape index (κ1) is 13.2. The predicted molar refractivity (Wildman–Crippen MR) is 66.3 cm³/mol. The minimum atomic E-state index is 0.556. The second-order valence-electron chi connectivity index (χ2n) is 3.62. The van der Waals surface area contributed by atoms with Crippen molar-refractivity contribution in [2.24, 2.45) is 0 Å². The molecule has 4 nitrogen and oxygen atoms in total. The molecule has 1 aromatic heterocycles. The molecule has 0 fully saturated rings. The SMILES string of the molecule is COCCN(CCCl)c1nc(C)cc(C)n1. The van der Waals surface area contributed by atoms with E-state index in [0.29, 0.717) is 12.5 Å². The fraction of sp³-hybridized carbons (Fsp3) is 0.636. The van der Waals surface area contributed by atoms with Crippen LogP contribution in [0, 0.1) is 13.8 Å². The predicted octanol–water partition coefficient (Wildman–Crippen LogP) is 1.79. The van der Waals surface area contributed by atoms with Crippen molar-refractivity contribution in [1.29, 1.82) is 0 Å². The van der Waals surface area contributed by atoms with Gasteiger partial charge in [0, 0.05) is 37.5 Å². The highest BCUT2D eigenvalue weighted by Gasteiger charge is 2.09. The summed E-state index contributed by atoms with van der Waals surface area (Å²) in [7, 11) is 1.68. The number of anilines is 1. The highest BCUT2D eigenvalue weighted by atomic mass is 35.5. The normalized spacial score (nSPS) is 10.5. The molecular weight excluding hydrogens is 226 g/mol. The van der Waals surface area contributed by atoms with E-state index in [4.69, 9.17) is 16.3 Å². The molecule has 0 bridgehead atoms. The van der Waals surface area contributed by atoms with Gasteiger partial charge in [0.2, 0.25) is 5.95 Å². The first-order chi connectivity index (χ1) is 7.67. The summed E-state index contributed by atoms with van der Waals surface area (Å²) in [5.74, 6) is 1.29. The summed E-state index contributed by atoms with van der Waals surface area (Å²) in [6.07, 6.45) is 0. The lowest BCUT2D eigenvalue weighted by Gasteiger charge is -2.21. The molecule has 0 unspecified atom stereocenters. The molecule has 0 aromatic carbocycles. The van der Waals surface area contributed by atoms with Crippen LogP contribution in [0.15, 0.2) is 6.07 Å². The molecule has 90 valence electrons. The molecule has 1 aromatic rings. The number of aryl methyl sites for hydroxylation is 2. The van der Waals surface area contributed by atoms with Crippen molar-refractivity contribution in [3.63, 3.8) is 0 Å². The fourth-order valence-electron chi connectivity index (χ4n) is 1.46. The third kappa shape index (κ3) is 3.94. The quantitative estimate of drug-likeness (QED) is 0.714. The van der Waals surface area contributed by atoms with Crippen LogP contribution in [0.4, 0.5) is 5.95 Å². The lowest BCUT2D eigenvalue weighted by molar-refractivity contribution is 0.205. The van der Waals surface area contributed by atoms with Crippen LogP contribution in [0.3, 0.4) is 0 Å². The second-order valence-corrected chi connectivity index (χ2v) is 4.00. The van der Waals surface area contributed by atoms with Crippen molar-refractivity contribution >= 4 is 17.5 Å². The van der Waals surface area contributed by atoms with Crippen LogP contribution >= 0.6 is 11.6 Å². The maximum absolute atomic E-state index is 5.77. The molecule has 0 radical (unpaired) electrons. The van der Waals surface area contributed by atoms with E-state index in [1.165, 1.54) is 0 Å². The van der Waals surface area contributed by atoms with Gasteiger partial charge in [0.15, 0.2) is 0 Å². The zero-order chi connectivity index (χ0) is 12.0. The highest BCUT2D eigenvalue weighted by molar-refractivity contribution is 6.18. The molecule has 0 saturated carbocycles. The molecule has 0 atom stereocenters. The lowest BCUT2D eigenvalue weighted by atomic mass is 10.3. The van der Waals surface area contributed by atoms with Gasteiger partial charge >= 0.3 is 0 Å². The van der Waals surface area contributed by atoms with Gasteiger partial charge in [-0.2, -0.15) is 0 Å². The van der Waals surface area contributed by atoms with E-state index in [2.05, 4.69) is 9.97 Å². The zero-order valence-corrected chi connectivity index (χ0v) is 10.8. The standard InChI is InChI=1S/C11H18ClN3O/c1-9-8-10(2)14-11(13-9)15(5-4-12)6-7-16-3/h8H,4-7H2,1-3H3. The van der Waals surface area contributed by atoms with Gasteiger partial charge in [0.25, 0.3) is 0 Å². The Balaban J connectivity index is 2.82. The number of nitrogens with zero attached hydrogens (tertiary/aromatic N) is 3. The summed E-state index contributed by atoms with van der Waals surface area (Å²) < 4.78 is 5.06. The summed E-state index contributed by atoms with van der Waals surface area (Å²) in [6, 6.07) is 1.96. The van der Waals surface area contributed by atoms with Gasteiger partial charge in [-0.3, -0.25) is 0 Å². The Hall–Kier alpha value is -0.870. The number of methoxy groups -OCH3 is 1. The Kier molecular flexibility index (Phi) is 5.49. The first-order valence-electron chi connectivity index (χ1n) is 5.29. The molecule has 1 heterocycles. The zero-order valence-electron chi connectivity index (χ0n) is 10.0. The Morgan fingerprint density at radius 2 is 1.88 bits per heavy atom. The van der Waals surface area contributed by atoms with Gasteiger partial charge in [-0.15, -0.1) is 11.6 Å². The maximum Gasteiger partial charge on any atom is 0.225 e. The van der Waals surface area contributed by atoms with Crippen LogP contribution < -0.4 is 4.90 Å². The Morgan fingerprint density at radius 3 is 2.38 bits per heavy atom. The number of ether oxygens (including phenoxy) is 1. The van der Waals surface area contributed by atoms with Crippen molar-refractivity contribution in [2.45, 2.75) is 13.8 Å². The molecule has 5 heteroatoms. The molecule has 0 aliphatic heterocycles. The average molecular weight is 244 g/mol. The van der Waals surface area contributed by atoms with Gasteiger partial charge in [-0.1, -0.05) is 0 Å². The van der Waals surface area contributed by atoms with Crippen LogP contribution in [0.5, 0.6) is 0 Å². The summed E-state index contributed by atoms with van der Waals surface area (Å²) >= 11 is 5.77. The summed E-state index contributed by atoms with van der Waals surface area (Å²) in [6.45, 7) is 6.06. The molecule has 0 N–H and O–H groups in total. The maximum atomic E-state index is 5.77. The smallest absolute Gasteiger partial charge is 0.225 e. The highest BCUT2D eigenvalue weighted by Crippen LogP contribution is 2.09. The van der Waals surface area contributed by atoms with Gasteiger partial charge in [-0.25, -0.2) is 9.97 Å². The van der Waals surface area contributed by atoms with Crippen molar-refractivity contribution < 1.29 is 4.74 Å². The van der Waals surface area contributed by atoms with E-state index in [9.17, 15) is 0 Å². The number of hydrogen-bond donors (Lipinski definition) is 0. The van der Waals surface area contributed by atoms with Gasteiger partial charge in [0.05, 0.1) is 6.61 Å². The molecule has 0 spiro atoms. The van der Waals surface area contributed by atoms with Crippen LogP contribution in [-0.4, -0.2) is 42.7 Å². The van der Waals surface area contributed by atoms with Gasteiger partial charge in [0.1, 0.15) is 0 Å². The van der Waals surface area contributed by atoms with E-state index >= 15 is 0 Å². The average Bonchev–Trinajstić information content (AvgIpc) is 2.22. The third-order valence-corrected chi connectivity index (χ3v) is 2.34. The van der Waals surface area contributed by atoms with E-state index < -0.39 is 0 Å². The van der Waals surface area contributed by atoms with Crippen LogP contribution in [0.1, 0.15) is 11.4 Å². The number of rotatable bonds is 6. The van der Waals surface area contributed by atoms with Crippen molar-refractivity contribution in [3.8, 4) is 0 Å². The number of aromatic nitrogens is 2. The minimum absolute atomic E-state index is 0.556. The van der Waals surface area contributed by atoms with E-state index in [-0.39, 0.29) is 0 Å². The molecule has 1 rings (SSSR count). The second kappa shape index (κ2) is 6.66. The van der Waals surface area contributed by atoms with Crippen LogP contribution in [0.2, 0.25) is 0 Å². The van der Waals surface area contributed by atoms with Gasteiger partial charge in [-0.05, 0) is 19.9 Å². The van der Waals surface area contributed by atoms with Crippen LogP contribution in [0.25, 0.3) is 0 Å². The summed E-state index contributed by atoms with van der Waals surface area (Å²) in [4.78, 5) is 10.9. The van der Waals surface area contributed by atoms with Crippen molar-refractivity contribution in [3.05, 3.63) is 17.5 Å². The Bertz CT molecular complexity index is 313. The monoisotopic (exact) mass is 243 g/mol. The van der Waals surface area contributed by atoms with E-state index in [1.54, 1.807) is 7.11 Å². The van der Waals surface area contributed by atoms with Gasteiger partial charge < -0.3 is 9.64 Å². The molecular formula is C11H18ClN3O. The summed E-state index contributed by atoms with van der Waals surface area (Å²) in [5.41, 5.74) is 1.94. The fourth-order valence-corrected chi connectivity index (χ4v) is 1.67. The Labute approximate surface area is 102 Å². The first-order valence-corrected chi connectivity index (χ1v) is 5.83. The Morgan fingerprint density at radius 1 is 1.25 bits per heavy atom. The number of alkyl halides is 1. The molecule has 0 aliphatic rings. The van der Waals surface area contributed by atoms with Crippen molar-refractivity contribution in [1.82, 2.24) is 9.97 Å². The largest absolute Gasteiger partial charge is 0.383 e. The minimum Gasteiger partial charge on any atom is -0.383 e. The van der Waals surface area contributed by atoms with E-state index in [1.807, 2.05) is 24.8 Å². The molecule has 0 saturated heterocycles. The topological polar surface area (TPSA) is 38.2 Å². The van der Waals surface area contributed by atoms with E-state index in [0.717, 1.165) is 30.4 Å². The number of hydrogen-bond acceptors (Lipinski definition) is 4.